The number of rotatable bonds is 4. The standard InChI is InChI=1S/C13H16N4O3/c1-17(2)13(20)16-10(12(18)19)6-8-7-15-11-9(8)4-3-5-14-11/h3-5,7,10H,6H2,1-2H3,(H,14,15)(H,16,20)(H,18,19). The molecule has 1 unspecified atom stereocenters. The molecule has 0 radical (unpaired) electrons. The molecule has 0 fully saturated rings. The van der Waals surface area contributed by atoms with Crippen LogP contribution in [-0.2, 0) is 11.2 Å². The Balaban J connectivity index is 2.20. The molecular formula is C13H16N4O3. The van der Waals surface area contributed by atoms with E-state index in [2.05, 4.69) is 15.3 Å². The largest absolute Gasteiger partial charge is 0.480 e. The van der Waals surface area contributed by atoms with Crippen molar-refractivity contribution >= 4 is 23.0 Å². The number of hydrogen-bond donors (Lipinski definition) is 3. The molecule has 0 saturated heterocycles. The number of carbonyl (C=O) groups is 2. The van der Waals surface area contributed by atoms with E-state index in [0.717, 1.165) is 10.9 Å². The van der Waals surface area contributed by atoms with Crippen molar-refractivity contribution < 1.29 is 14.7 Å². The molecule has 1 atom stereocenters. The Morgan fingerprint density at radius 2 is 2.25 bits per heavy atom. The molecule has 2 heterocycles. The third kappa shape index (κ3) is 2.87. The smallest absolute Gasteiger partial charge is 0.326 e. The van der Waals surface area contributed by atoms with E-state index in [4.69, 9.17) is 0 Å². The van der Waals surface area contributed by atoms with Crippen LogP contribution in [0.1, 0.15) is 5.56 Å². The van der Waals surface area contributed by atoms with E-state index < -0.39 is 18.0 Å². The summed E-state index contributed by atoms with van der Waals surface area (Å²) in [7, 11) is 3.12. The van der Waals surface area contributed by atoms with Crippen LogP contribution in [0.4, 0.5) is 4.79 Å². The van der Waals surface area contributed by atoms with Gasteiger partial charge in [-0.1, -0.05) is 0 Å². The Labute approximate surface area is 115 Å². The lowest BCUT2D eigenvalue weighted by atomic mass is 10.1. The van der Waals surface area contributed by atoms with Gasteiger partial charge in [-0.3, -0.25) is 0 Å². The summed E-state index contributed by atoms with van der Waals surface area (Å²) in [5.74, 6) is -1.07. The van der Waals surface area contributed by atoms with Crippen molar-refractivity contribution in [1.82, 2.24) is 20.2 Å². The molecular weight excluding hydrogens is 260 g/mol. The van der Waals surface area contributed by atoms with E-state index in [1.807, 2.05) is 6.07 Å². The van der Waals surface area contributed by atoms with Gasteiger partial charge in [0.15, 0.2) is 0 Å². The van der Waals surface area contributed by atoms with Crippen molar-refractivity contribution in [3.05, 3.63) is 30.1 Å². The number of urea groups is 1. The van der Waals surface area contributed by atoms with E-state index in [9.17, 15) is 14.7 Å². The second-order valence-electron chi connectivity index (χ2n) is 4.65. The van der Waals surface area contributed by atoms with Crippen molar-refractivity contribution in [3.63, 3.8) is 0 Å². The predicted molar refractivity (Wildman–Crippen MR) is 73.4 cm³/mol. The molecule has 2 amide bonds. The number of amides is 2. The van der Waals surface area contributed by atoms with Gasteiger partial charge in [0.05, 0.1) is 0 Å². The Bertz CT molecular complexity index is 635. The summed E-state index contributed by atoms with van der Waals surface area (Å²) >= 11 is 0. The normalized spacial score (nSPS) is 12.1. The average molecular weight is 276 g/mol. The number of pyridine rings is 1. The number of aliphatic carboxylic acids is 1. The van der Waals surface area contributed by atoms with Crippen molar-refractivity contribution in [2.45, 2.75) is 12.5 Å². The Morgan fingerprint density at radius 1 is 1.50 bits per heavy atom. The lowest BCUT2D eigenvalue weighted by Gasteiger charge is -2.17. The van der Waals surface area contributed by atoms with Crippen molar-refractivity contribution in [2.24, 2.45) is 0 Å². The molecule has 0 aliphatic heterocycles. The molecule has 20 heavy (non-hydrogen) atoms. The van der Waals surface area contributed by atoms with Crippen LogP contribution in [-0.4, -0.2) is 52.1 Å². The lowest BCUT2D eigenvalue weighted by Crippen LogP contribution is -2.46. The molecule has 2 aromatic rings. The molecule has 0 saturated carbocycles. The average Bonchev–Trinajstić information content (AvgIpc) is 2.81. The van der Waals surface area contributed by atoms with Crippen LogP contribution in [0.3, 0.4) is 0 Å². The zero-order valence-electron chi connectivity index (χ0n) is 11.3. The topological polar surface area (TPSA) is 98.3 Å². The predicted octanol–water partition coefficient (Wildman–Crippen LogP) is 0.830. The Hall–Kier alpha value is -2.57. The van der Waals surface area contributed by atoms with Crippen LogP contribution in [0.2, 0.25) is 0 Å². The first kappa shape index (κ1) is 13.9. The van der Waals surface area contributed by atoms with Gasteiger partial charge in [-0.2, -0.15) is 0 Å². The number of aromatic nitrogens is 2. The SMILES string of the molecule is CN(C)C(=O)NC(Cc1c[nH]c2ncccc12)C(=O)O. The zero-order chi connectivity index (χ0) is 14.7. The number of aromatic amines is 1. The maximum atomic E-state index is 11.6. The van der Waals surface area contributed by atoms with Gasteiger partial charge in [0, 0.05) is 38.3 Å². The van der Waals surface area contributed by atoms with Gasteiger partial charge >= 0.3 is 12.0 Å². The summed E-state index contributed by atoms with van der Waals surface area (Å²) in [6.45, 7) is 0. The highest BCUT2D eigenvalue weighted by Crippen LogP contribution is 2.17. The lowest BCUT2D eigenvalue weighted by molar-refractivity contribution is -0.139. The van der Waals surface area contributed by atoms with Gasteiger partial charge < -0.3 is 20.3 Å². The zero-order valence-corrected chi connectivity index (χ0v) is 11.3. The maximum Gasteiger partial charge on any atom is 0.326 e. The number of carboxylic acid groups (broad SMARTS) is 1. The number of nitrogens with one attached hydrogen (secondary N) is 2. The summed E-state index contributed by atoms with van der Waals surface area (Å²) in [4.78, 5) is 31.3. The highest BCUT2D eigenvalue weighted by molar-refractivity contribution is 5.84. The number of carbonyl (C=O) groups excluding carboxylic acids is 1. The van der Waals surface area contributed by atoms with Crippen molar-refractivity contribution in [3.8, 4) is 0 Å². The fourth-order valence-electron chi connectivity index (χ4n) is 1.88. The fourth-order valence-corrected chi connectivity index (χ4v) is 1.88. The molecule has 2 rings (SSSR count). The minimum Gasteiger partial charge on any atom is -0.480 e. The third-order valence-electron chi connectivity index (χ3n) is 2.96. The van der Waals surface area contributed by atoms with Gasteiger partial charge in [-0.25, -0.2) is 14.6 Å². The molecule has 106 valence electrons. The quantitative estimate of drug-likeness (QED) is 0.770. The van der Waals surface area contributed by atoms with Crippen LogP contribution < -0.4 is 5.32 Å². The van der Waals surface area contributed by atoms with Crippen molar-refractivity contribution in [1.29, 1.82) is 0 Å². The van der Waals surface area contributed by atoms with Crippen LogP contribution in [0.15, 0.2) is 24.5 Å². The fraction of sp³-hybridized carbons (Fsp3) is 0.308. The van der Waals surface area contributed by atoms with E-state index in [0.29, 0.717) is 5.65 Å². The summed E-state index contributed by atoms with van der Waals surface area (Å²) in [5, 5.41) is 12.5. The van der Waals surface area contributed by atoms with Crippen LogP contribution in [0, 0.1) is 0 Å². The molecule has 0 aliphatic rings. The van der Waals surface area contributed by atoms with Crippen LogP contribution >= 0.6 is 0 Å². The number of hydrogen-bond acceptors (Lipinski definition) is 3. The number of H-pyrrole nitrogens is 1. The second-order valence-corrected chi connectivity index (χ2v) is 4.65. The number of carboxylic acids is 1. The molecule has 0 aromatic carbocycles. The number of fused-ring (bicyclic) bond motifs is 1. The van der Waals surface area contributed by atoms with Crippen LogP contribution in [0.25, 0.3) is 11.0 Å². The third-order valence-corrected chi connectivity index (χ3v) is 2.96. The summed E-state index contributed by atoms with van der Waals surface area (Å²) in [6.07, 6.45) is 3.57. The first-order valence-electron chi connectivity index (χ1n) is 6.10. The maximum absolute atomic E-state index is 11.6. The monoisotopic (exact) mass is 276 g/mol. The summed E-state index contributed by atoms with van der Waals surface area (Å²) in [6, 6.07) is 2.23. The summed E-state index contributed by atoms with van der Waals surface area (Å²) in [5.41, 5.74) is 1.50. The van der Waals surface area contributed by atoms with Gasteiger partial charge in [-0.05, 0) is 17.7 Å². The highest BCUT2D eigenvalue weighted by Gasteiger charge is 2.22. The minimum absolute atomic E-state index is 0.195. The Kier molecular flexibility index (Phi) is 3.88. The summed E-state index contributed by atoms with van der Waals surface area (Å²) < 4.78 is 0. The van der Waals surface area contributed by atoms with E-state index in [1.165, 1.54) is 4.90 Å². The van der Waals surface area contributed by atoms with E-state index >= 15 is 0 Å². The molecule has 3 N–H and O–H groups in total. The Morgan fingerprint density at radius 3 is 2.90 bits per heavy atom. The molecule has 0 bridgehead atoms. The van der Waals surface area contributed by atoms with E-state index in [-0.39, 0.29) is 6.42 Å². The molecule has 2 aromatic heterocycles. The van der Waals surface area contributed by atoms with Gasteiger partial charge in [0.1, 0.15) is 11.7 Å². The molecule has 0 spiro atoms. The first-order valence-corrected chi connectivity index (χ1v) is 6.10. The van der Waals surface area contributed by atoms with Gasteiger partial charge in [0.2, 0.25) is 0 Å². The van der Waals surface area contributed by atoms with Crippen molar-refractivity contribution in [2.75, 3.05) is 14.1 Å². The highest BCUT2D eigenvalue weighted by atomic mass is 16.4. The van der Waals surface area contributed by atoms with E-state index in [1.54, 1.807) is 32.6 Å². The minimum atomic E-state index is -1.07. The molecule has 7 nitrogen and oxygen atoms in total. The number of nitrogens with zero attached hydrogens (tertiary/aromatic N) is 2. The van der Waals surface area contributed by atoms with Gasteiger partial charge in [-0.15, -0.1) is 0 Å². The second kappa shape index (κ2) is 5.60. The van der Waals surface area contributed by atoms with Crippen LogP contribution in [0.5, 0.6) is 0 Å². The molecule has 0 aliphatic carbocycles. The van der Waals surface area contributed by atoms with Gasteiger partial charge in [0.25, 0.3) is 0 Å². The molecule has 7 heteroatoms. The first-order chi connectivity index (χ1) is 9.49.